The molecule has 1 atom stereocenters. The maximum Gasteiger partial charge on any atom is 0.227 e. The molecule has 0 aliphatic carbocycles. The number of aryl methyl sites for hydroxylation is 1. The van der Waals surface area contributed by atoms with Crippen molar-refractivity contribution in [2.45, 2.75) is 39.2 Å². The van der Waals surface area contributed by atoms with Crippen LogP contribution in [0.15, 0.2) is 48.5 Å². The first-order chi connectivity index (χ1) is 13.6. The molecule has 146 valence electrons. The summed E-state index contributed by atoms with van der Waals surface area (Å²) in [6.07, 6.45) is 1.56. The van der Waals surface area contributed by atoms with Gasteiger partial charge >= 0.3 is 0 Å². The predicted octanol–water partition coefficient (Wildman–Crippen LogP) is 4.61. The van der Waals surface area contributed by atoms with Gasteiger partial charge in [0, 0.05) is 25.4 Å². The van der Waals surface area contributed by atoms with E-state index in [0.29, 0.717) is 18.9 Å². The molecule has 0 unspecified atom stereocenters. The topological polar surface area (TPSA) is 47.4 Å². The molecule has 3 aromatic rings. The first-order valence-corrected chi connectivity index (χ1v) is 9.97. The van der Waals surface area contributed by atoms with Crippen molar-refractivity contribution in [1.29, 1.82) is 0 Å². The smallest absolute Gasteiger partial charge is 0.227 e. The number of carbonyl (C=O) groups is 1. The number of methoxy groups -OCH3 is 1. The monoisotopic (exact) mass is 377 g/mol. The fourth-order valence-corrected chi connectivity index (χ4v) is 3.99. The number of fused-ring (bicyclic) bond motifs is 1. The van der Waals surface area contributed by atoms with Crippen LogP contribution in [-0.4, -0.2) is 29.1 Å². The van der Waals surface area contributed by atoms with Crippen molar-refractivity contribution in [3.63, 3.8) is 0 Å². The summed E-state index contributed by atoms with van der Waals surface area (Å²) in [5.41, 5.74) is 2.99. The third-order valence-corrected chi connectivity index (χ3v) is 5.48. The van der Waals surface area contributed by atoms with Crippen LogP contribution in [0.3, 0.4) is 0 Å². The zero-order valence-electron chi connectivity index (χ0n) is 16.8. The second-order valence-corrected chi connectivity index (χ2v) is 7.87. The van der Waals surface area contributed by atoms with Gasteiger partial charge in [-0.15, -0.1) is 0 Å². The first kappa shape index (κ1) is 18.5. The van der Waals surface area contributed by atoms with Crippen LogP contribution < -0.4 is 9.64 Å². The standard InChI is InChI=1S/C23H27N3O2/c1-16(2)12-13-25-19-9-5-4-8-18(19)24-23(25)17-14-22(27)26(15-17)20-10-6-7-11-21(20)28-3/h4-11,16-17H,12-15H2,1-3H3/t17-/m0/s1. The molecule has 1 aliphatic rings. The van der Waals surface area contributed by atoms with Gasteiger partial charge in [0.2, 0.25) is 5.91 Å². The lowest BCUT2D eigenvalue weighted by Gasteiger charge is -2.20. The molecular weight excluding hydrogens is 350 g/mol. The molecule has 1 aliphatic heterocycles. The van der Waals surface area contributed by atoms with E-state index in [9.17, 15) is 4.79 Å². The molecule has 5 heteroatoms. The van der Waals surface area contributed by atoms with Gasteiger partial charge in [-0.1, -0.05) is 38.1 Å². The third kappa shape index (κ3) is 3.37. The van der Waals surface area contributed by atoms with Crippen molar-refractivity contribution in [3.05, 3.63) is 54.4 Å². The molecule has 0 saturated carbocycles. The molecule has 2 aromatic carbocycles. The molecular formula is C23H27N3O2. The third-order valence-electron chi connectivity index (χ3n) is 5.48. The first-order valence-electron chi connectivity index (χ1n) is 9.97. The molecule has 28 heavy (non-hydrogen) atoms. The number of carbonyl (C=O) groups excluding carboxylic acids is 1. The Hall–Kier alpha value is -2.82. The summed E-state index contributed by atoms with van der Waals surface area (Å²) in [5, 5.41) is 0. The lowest BCUT2D eigenvalue weighted by Crippen LogP contribution is -2.25. The van der Waals surface area contributed by atoms with Gasteiger partial charge in [0.15, 0.2) is 0 Å². The second kappa shape index (κ2) is 7.66. The number of imidazole rings is 1. The molecule has 0 bridgehead atoms. The van der Waals surface area contributed by atoms with Gasteiger partial charge in [0.1, 0.15) is 11.6 Å². The van der Waals surface area contributed by atoms with Gasteiger partial charge in [-0.2, -0.15) is 0 Å². The van der Waals surface area contributed by atoms with Gasteiger partial charge < -0.3 is 14.2 Å². The Labute approximate surface area is 165 Å². The highest BCUT2D eigenvalue weighted by molar-refractivity contribution is 5.97. The van der Waals surface area contributed by atoms with E-state index in [2.05, 4.69) is 36.6 Å². The Morgan fingerprint density at radius 3 is 2.68 bits per heavy atom. The SMILES string of the molecule is COc1ccccc1N1C[C@@H](c2nc3ccccc3n2CCC(C)C)CC1=O. The quantitative estimate of drug-likeness (QED) is 0.630. The molecule has 1 saturated heterocycles. The summed E-state index contributed by atoms with van der Waals surface area (Å²) >= 11 is 0. The Morgan fingerprint density at radius 2 is 1.89 bits per heavy atom. The van der Waals surface area contributed by atoms with Crippen LogP contribution in [0.1, 0.15) is 38.4 Å². The van der Waals surface area contributed by atoms with E-state index >= 15 is 0 Å². The van der Waals surface area contributed by atoms with Crippen LogP contribution in [0.25, 0.3) is 11.0 Å². The van der Waals surface area contributed by atoms with Gasteiger partial charge in [-0.3, -0.25) is 4.79 Å². The lowest BCUT2D eigenvalue weighted by molar-refractivity contribution is -0.117. The number of para-hydroxylation sites is 4. The molecule has 1 amide bonds. The molecule has 5 nitrogen and oxygen atoms in total. The second-order valence-electron chi connectivity index (χ2n) is 7.87. The van der Waals surface area contributed by atoms with Crippen LogP contribution in [0.2, 0.25) is 0 Å². The number of ether oxygens (including phenoxy) is 1. The summed E-state index contributed by atoms with van der Waals surface area (Å²) in [6, 6.07) is 16.0. The van der Waals surface area contributed by atoms with Crippen molar-refractivity contribution in [1.82, 2.24) is 9.55 Å². The van der Waals surface area contributed by atoms with E-state index in [4.69, 9.17) is 9.72 Å². The average molecular weight is 377 g/mol. The minimum Gasteiger partial charge on any atom is -0.495 e. The van der Waals surface area contributed by atoms with Gasteiger partial charge in [-0.05, 0) is 36.6 Å². The number of hydrogen-bond acceptors (Lipinski definition) is 3. The molecule has 1 fully saturated rings. The largest absolute Gasteiger partial charge is 0.495 e. The van der Waals surface area contributed by atoms with Crippen LogP contribution in [-0.2, 0) is 11.3 Å². The maximum absolute atomic E-state index is 12.9. The summed E-state index contributed by atoms with van der Waals surface area (Å²) < 4.78 is 7.79. The van der Waals surface area contributed by atoms with Crippen LogP contribution in [0.5, 0.6) is 5.75 Å². The minimum absolute atomic E-state index is 0.0805. The number of nitrogens with zero attached hydrogens (tertiary/aromatic N) is 3. The molecule has 2 heterocycles. The van der Waals surface area contributed by atoms with E-state index in [0.717, 1.165) is 41.3 Å². The molecule has 1 aromatic heterocycles. The van der Waals surface area contributed by atoms with E-state index in [1.165, 1.54) is 0 Å². The highest BCUT2D eigenvalue weighted by Gasteiger charge is 2.35. The van der Waals surface area contributed by atoms with E-state index in [1.807, 2.05) is 35.2 Å². The molecule has 0 N–H and O–H groups in total. The average Bonchev–Trinajstić information content (AvgIpc) is 3.26. The summed E-state index contributed by atoms with van der Waals surface area (Å²) in [4.78, 5) is 19.6. The summed E-state index contributed by atoms with van der Waals surface area (Å²) in [7, 11) is 1.64. The molecule has 0 radical (unpaired) electrons. The van der Waals surface area contributed by atoms with Crippen molar-refractivity contribution in [2.75, 3.05) is 18.6 Å². The van der Waals surface area contributed by atoms with Gasteiger partial charge in [0.05, 0.1) is 23.8 Å². The molecule has 4 rings (SSSR count). The van der Waals surface area contributed by atoms with E-state index in [1.54, 1.807) is 7.11 Å². The van der Waals surface area contributed by atoms with Crippen molar-refractivity contribution < 1.29 is 9.53 Å². The van der Waals surface area contributed by atoms with E-state index in [-0.39, 0.29) is 11.8 Å². The Kier molecular flexibility index (Phi) is 5.07. The number of benzene rings is 2. The van der Waals surface area contributed by atoms with Crippen molar-refractivity contribution in [2.24, 2.45) is 5.92 Å². The zero-order valence-corrected chi connectivity index (χ0v) is 16.8. The lowest BCUT2D eigenvalue weighted by atomic mass is 10.1. The maximum atomic E-state index is 12.9. The number of anilines is 1. The van der Waals surface area contributed by atoms with Crippen molar-refractivity contribution >= 4 is 22.6 Å². The summed E-state index contributed by atoms with van der Waals surface area (Å²) in [5.74, 6) is 2.57. The van der Waals surface area contributed by atoms with Crippen LogP contribution in [0.4, 0.5) is 5.69 Å². The fourth-order valence-electron chi connectivity index (χ4n) is 3.99. The number of hydrogen-bond donors (Lipinski definition) is 0. The number of rotatable bonds is 6. The fraction of sp³-hybridized carbons (Fsp3) is 0.391. The van der Waals surface area contributed by atoms with Crippen LogP contribution in [0, 0.1) is 5.92 Å². The minimum atomic E-state index is 0.0805. The summed E-state index contributed by atoms with van der Waals surface area (Å²) in [6.45, 7) is 6.03. The number of aromatic nitrogens is 2. The van der Waals surface area contributed by atoms with Gasteiger partial charge in [0.25, 0.3) is 0 Å². The predicted molar refractivity (Wildman–Crippen MR) is 112 cm³/mol. The van der Waals surface area contributed by atoms with E-state index < -0.39 is 0 Å². The zero-order chi connectivity index (χ0) is 19.7. The molecule has 0 spiro atoms. The van der Waals surface area contributed by atoms with Gasteiger partial charge in [-0.25, -0.2) is 4.98 Å². The normalized spacial score (nSPS) is 17.1. The Bertz CT molecular complexity index is 992. The van der Waals surface area contributed by atoms with Crippen LogP contribution >= 0.6 is 0 Å². The Morgan fingerprint density at radius 1 is 1.14 bits per heavy atom. The highest BCUT2D eigenvalue weighted by atomic mass is 16.5. The number of amides is 1. The van der Waals surface area contributed by atoms with Crippen molar-refractivity contribution in [3.8, 4) is 5.75 Å². The Balaban J connectivity index is 1.69. The highest BCUT2D eigenvalue weighted by Crippen LogP contribution is 2.37.